The van der Waals surface area contributed by atoms with Crippen LogP contribution in [0.1, 0.15) is 11.3 Å². The van der Waals surface area contributed by atoms with Gasteiger partial charge in [0.15, 0.2) is 11.5 Å². The Hall–Kier alpha value is -3.15. The smallest absolute Gasteiger partial charge is 0.165 e. The SMILES string of the molecule is COc1ccc(Cl)cc1-c1cc2c(c(OC)c1)OCCN(Cc1cc3ccccc3[nH]1)C2. The Bertz CT molecular complexity index is 1230. The number of methoxy groups -OCH3 is 2. The number of fused-ring (bicyclic) bond motifs is 2. The minimum Gasteiger partial charge on any atom is -0.496 e. The largest absolute Gasteiger partial charge is 0.496 e. The van der Waals surface area contributed by atoms with Gasteiger partial charge < -0.3 is 19.2 Å². The fourth-order valence-electron chi connectivity index (χ4n) is 4.35. The number of hydrogen-bond donors (Lipinski definition) is 1. The molecule has 2 heterocycles. The van der Waals surface area contributed by atoms with E-state index in [2.05, 4.69) is 46.3 Å². The van der Waals surface area contributed by atoms with Gasteiger partial charge in [0.25, 0.3) is 0 Å². The van der Waals surface area contributed by atoms with Crippen LogP contribution in [0.25, 0.3) is 22.0 Å². The van der Waals surface area contributed by atoms with Crippen molar-refractivity contribution in [1.82, 2.24) is 9.88 Å². The van der Waals surface area contributed by atoms with Gasteiger partial charge in [0.2, 0.25) is 0 Å². The lowest BCUT2D eigenvalue weighted by molar-refractivity contribution is 0.215. The average molecular weight is 449 g/mol. The third-order valence-electron chi connectivity index (χ3n) is 5.85. The van der Waals surface area contributed by atoms with E-state index in [-0.39, 0.29) is 0 Å². The second kappa shape index (κ2) is 8.77. The summed E-state index contributed by atoms with van der Waals surface area (Å²) in [6.07, 6.45) is 0. The number of H-pyrrole nitrogens is 1. The molecule has 0 radical (unpaired) electrons. The van der Waals surface area contributed by atoms with Gasteiger partial charge in [-0.3, -0.25) is 4.90 Å². The summed E-state index contributed by atoms with van der Waals surface area (Å²) in [5.74, 6) is 2.28. The van der Waals surface area contributed by atoms with Crippen LogP contribution < -0.4 is 14.2 Å². The van der Waals surface area contributed by atoms with Crippen molar-refractivity contribution in [3.8, 4) is 28.4 Å². The summed E-state index contributed by atoms with van der Waals surface area (Å²) >= 11 is 6.29. The van der Waals surface area contributed by atoms with Gasteiger partial charge in [-0.1, -0.05) is 29.8 Å². The molecule has 0 fully saturated rings. The predicted octanol–water partition coefficient (Wildman–Crippen LogP) is 5.90. The van der Waals surface area contributed by atoms with Crippen LogP contribution in [0, 0.1) is 0 Å². The molecule has 164 valence electrons. The van der Waals surface area contributed by atoms with Crippen LogP contribution in [0.15, 0.2) is 60.7 Å². The number of hydrogen-bond acceptors (Lipinski definition) is 4. The zero-order chi connectivity index (χ0) is 22.1. The summed E-state index contributed by atoms with van der Waals surface area (Å²) in [6.45, 7) is 2.98. The molecular formula is C26H25ClN2O3. The van der Waals surface area contributed by atoms with Gasteiger partial charge in [0.05, 0.1) is 14.2 Å². The van der Waals surface area contributed by atoms with E-state index in [4.69, 9.17) is 25.8 Å². The molecule has 0 amide bonds. The molecule has 5 rings (SSSR count). The number of nitrogens with one attached hydrogen (secondary N) is 1. The summed E-state index contributed by atoms with van der Waals surface area (Å²) in [6, 6.07) is 20.3. The Morgan fingerprint density at radius 2 is 1.84 bits per heavy atom. The third-order valence-corrected chi connectivity index (χ3v) is 6.09. The van der Waals surface area contributed by atoms with E-state index in [1.807, 2.05) is 24.3 Å². The summed E-state index contributed by atoms with van der Waals surface area (Å²) in [5.41, 5.74) is 5.33. The number of para-hydroxylation sites is 1. The van der Waals surface area contributed by atoms with Gasteiger partial charge in [-0.05, 0) is 53.4 Å². The van der Waals surface area contributed by atoms with Crippen molar-refractivity contribution in [3.63, 3.8) is 0 Å². The fourth-order valence-corrected chi connectivity index (χ4v) is 4.52. The quantitative estimate of drug-likeness (QED) is 0.413. The van der Waals surface area contributed by atoms with E-state index in [0.717, 1.165) is 53.3 Å². The first-order valence-electron chi connectivity index (χ1n) is 10.6. The molecule has 4 aromatic rings. The normalized spacial score (nSPS) is 14.0. The van der Waals surface area contributed by atoms with Gasteiger partial charge in [-0.2, -0.15) is 0 Å². The van der Waals surface area contributed by atoms with Crippen molar-refractivity contribution < 1.29 is 14.2 Å². The van der Waals surface area contributed by atoms with Gasteiger partial charge in [-0.15, -0.1) is 0 Å². The second-order valence-corrected chi connectivity index (χ2v) is 8.39. The number of aromatic amines is 1. The molecule has 32 heavy (non-hydrogen) atoms. The van der Waals surface area contributed by atoms with Crippen molar-refractivity contribution in [1.29, 1.82) is 0 Å². The summed E-state index contributed by atoms with van der Waals surface area (Å²) in [7, 11) is 3.34. The molecule has 6 heteroatoms. The lowest BCUT2D eigenvalue weighted by Gasteiger charge is -2.19. The van der Waals surface area contributed by atoms with Crippen LogP contribution in [-0.4, -0.2) is 37.3 Å². The Morgan fingerprint density at radius 1 is 1.00 bits per heavy atom. The van der Waals surface area contributed by atoms with Crippen LogP contribution in [-0.2, 0) is 13.1 Å². The fraction of sp³-hybridized carbons (Fsp3) is 0.231. The summed E-state index contributed by atoms with van der Waals surface area (Å²) in [5, 5.41) is 1.89. The van der Waals surface area contributed by atoms with E-state index in [0.29, 0.717) is 17.4 Å². The number of rotatable bonds is 5. The number of benzene rings is 3. The zero-order valence-corrected chi connectivity index (χ0v) is 18.9. The number of ether oxygens (including phenoxy) is 3. The Morgan fingerprint density at radius 3 is 2.66 bits per heavy atom. The third kappa shape index (κ3) is 4.01. The van der Waals surface area contributed by atoms with Crippen LogP contribution in [0.4, 0.5) is 0 Å². The maximum absolute atomic E-state index is 6.29. The van der Waals surface area contributed by atoms with Crippen molar-refractivity contribution in [2.45, 2.75) is 13.1 Å². The maximum Gasteiger partial charge on any atom is 0.165 e. The Balaban J connectivity index is 1.50. The minimum absolute atomic E-state index is 0.601. The molecule has 0 saturated carbocycles. The summed E-state index contributed by atoms with van der Waals surface area (Å²) in [4.78, 5) is 5.91. The van der Waals surface area contributed by atoms with E-state index in [1.165, 1.54) is 11.1 Å². The highest BCUT2D eigenvalue weighted by Gasteiger charge is 2.22. The van der Waals surface area contributed by atoms with Crippen molar-refractivity contribution in [2.24, 2.45) is 0 Å². The Kier molecular flexibility index (Phi) is 5.68. The van der Waals surface area contributed by atoms with Crippen LogP contribution in [0.3, 0.4) is 0 Å². The molecule has 5 nitrogen and oxygen atoms in total. The second-order valence-electron chi connectivity index (χ2n) is 7.95. The lowest BCUT2D eigenvalue weighted by Crippen LogP contribution is -2.25. The number of nitrogens with zero attached hydrogens (tertiary/aromatic N) is 1. The molecule has 0 aliphatic carbocycles. The van der Waals surface area contributed by atoms with Gasteiger partial charge >= 0.3 is 0 Å². The van der Waals surface area contributed by atoms with Crippen LogP contribution in [0.5, 0.6) is 17.2 Å². The molecule has 1 aromatic heterocycles. The first-order valence-corrected chi connectivity index (χ1v) is 11.0. The van der Waals surface area contributed by atoms with E-state index >= 15 is 0 Å². The first kappa shape index (κ1) is 20.7. The zero-order valence-electron chi connectivity index (χ0n) is 18.2. The topological polar surface area (TPSA) is 46.7 Å². The highest BCUT2D eigenvalue weighted by Crippen LogP contribution is 2.41. The predicted molar refractivity (Wildman–Crippen MR) is 128 cm³/mol. The van der Waals surface area contributed by atoms with Gasteiger partial charge in [-0.25, -0.2) is 0 Å². The molecule has 1 N–H and O–H groups in total. The maximum atomic E-state index is 6.29. The Labute approximate surface area is 192 Å². The lowest BCUT2D eigenvalue weighted by atomic mass is 10.0. The number of aromatic nitrogens is 1. The van der Waals surface area contributed by atoms with Crippen LogP contribution >= 0.6 is 11.6 Å². The molecule has 1 aliphatic heterocycles. The first-order chi connectivity index (χ1) is 15.6. The van der Waals surface area contributed by atoms with Crippen molar-refractivity contribution >= 4 is 22.5 Å². The minimum atomic E-state index is 0.601. The van der Waals surface area contributed by atoms with Gasteiger partial charge in [0, 0.05) is 47.0 Å². The molecular weight excluding hydrogens is 424 g/mol. The van der Waals surface area contributed by atoms with Crippen molar-refractivity contribution in [3.05, 3.63) is 76.9 Å². The average Bonchev–Trinajstić information content (AvgIpc) is 3.10. The summed E-state index contributed by atoms with van der Waals surface area (Å²) < 4.78 is 17.4. The molecule has 0 saturated heterocycles. The molecule has 0 bridgehead atoms. The van der Waals surface area contributed by atoms with E-state index < -0.39 is 0 Å². The van der Waals surface area contributed by atoms with Gasteiger partial charge in [0.1, 0.15) is 12.4 Å². The molecule has 0 unspecified atom stereocenters. The highest BCUT2D eigenvalue weighted by atomic mass is 35.5. The standard InChI is InChI=1S/C26H25ClN2O3/c1-30-24-8-7-20(27)14-22(24)18-11-19-15-29(9-10-32-26(19)25(13-18)31-2)16-21-12-17-5-3-4-6-23(17)28-21/h3-8,11-14,28H,9-10,15-16H2,1-2H3. The van der Waals surface area contributed by atoms with E-state index in [9.17, 15) is 0 Å². The molecule has 3 aromatic carbocycles. The van der Waals surface area contributed by atoms with Crippen LogP contribution in [0.2, 0.25) is 5.02 Å². The molecule has 1 aliphatic rings. The van der Waals surface area contributed by atoms with Crippen molar-refractivity contribution in [2.75, 3.05) is 27.4 Å². The van der Waals surface area contributed by atoms with E-state index in [1.54, 1.807) is 14.2 Å². The monoisotopic (exact) mass is 448 g/mol. The molecule has 0 atom stereocenters. The molecule has 0 spiro atoms. The highest BCUT2D eigenvalue weighted by molar-refractivity contribution is 6.31. The number of halogens is 1.